The average molecular weight is 291 g/mol. The Morgan fingerprint density at radius 1 is 1.15 bits per heavy atom. The molecule has 0 saturated carbocycles. The SMILES string of the molecule is CN1CCN(NCc2ccc(F)c(C(F)(F)F)c2)CC1. The summed E-state index contributed by atoms with van der Waals surface area (Å²) in [5, 5.41) is 1.97. The van der Waals surface area contributed by atoms with E-state index in [-0.39, 0.29) is 6.54 Å². The molecule has 0 aliphatic carbocycles. The quantitative estimate of drug-likeness (QED) is 0.860. The average Bonchev–Trinajstić information content (AvgIpc) is 2.38. The highest BCUT2D eigenvalue weighted by atomic mass is 19.4. The van der Waals surface area contributed by atoms with Crippen LogP contribution in [0.25, 0.3) is 0 Å². The smallest absolute Gasteiger partial charge is 0.304 e. The van der Waals surface area contributed by atoms with E-state index in [4.69, 9.17) is 0 Å². The first-order valence-electron chi connectivity index (χ1n) is 6.39. The normalized spacial score (nSPS) is 18.4. The third-order valence-electron chi connectivity index (χ3n) is 3.35. The number of alkyl halides is 3. The highest BCUT2D eigenvalue weighted by molar-refractivity contribution is 5.27. The van der Waals surface area contributed by atoms with Gasteiger partial charge in [0.2, 0.25) is 0 Å². The van der Waals surface area contributed by atoms with Gasteiger partial charge in [-0.15, -0.1) is 0 Å². The summed E-state index contributed by atoms with van der Waals surface area (Å²) >= 11 is 0. The Morgan fingerprint density at radius 2 is 1.80 bits per heavy atom. The van der Waals surface area contributed by atoms with Gasteiger partial charge in [-0.1, -0.05) is 6.07 Å². The number of nitrogens with zero attached hydrogens (tertiary/aromatic N) is 2. The van der Waals surface area contributed by atoms with Crippen molar-refractivity contribution in [1.29, 1.82) is 0 Å². The summed E-state index contributed by atoms with van der Waals surface area (Å²) in [4.78, 5) is 2.18. The minimum Gasteiger partial charge on any atom is -0.304 e. The second-order valence-electron chi connectivity index (χ2n) is 4.94. The number of likely N-dealkylation sites (N-methyl/N-ethyl adjacent to an activating group) is 1. The third-order valence-corrected chi connectivity index (χ3v) is 3.35. The maximum atomic E-state index is 13.1. The Kier molecular flexibility index (Phi) is 4.62. The molecule has 1 aliphatic heterocycles. The summed E-state index contributed by atoms with van der Waals surface area (Å²) in [6, 6.07) is 3.09. The maximum absolute atomic E-state index is 13.1. The van der Waals surface area contributed by atoms with Crippen molar-refractivity contribution in [2.24, 2.45) is 0 Å². The van der Waals surface area contributed by atoms with Crippen LogP contribution in [-0.4, -0.2) is 43.1 Å². The number of benzene rings is 1. The fourth-order valence-electron chi connectivity index (χ4n) is 2.07. The van der Waals surface area contributed by atoms with Crippen molar-refractivity contribution in [3.63, 3.8) is 0 Å². The van der Waals surface area contributed by atoms with Crippen LogP contribution in [0.2, 0.25) is 0 Å². The molecular weight excluding hydrogens is 274 g/mol. The third kappa shape index (κ3) is 3.91. The van der Waals surface area contributed by atoms with Gasteiger partial charge in [-0.05, 0) is 24.7 Å². The fourth-order valence-corrected chi connectivity index (χ4v) is 2.07. The largest absolute Gasteiger partial charge is 0.419 e. The van der Waals surface area contributed by atoms with Crippen LogP contribution in [0.3, 0.4) is 0 Å². The van der Waals surface area contributed by atoms with Crippen LogP contribution in [-0.2, 0) is 12.7 Å². The van der Waals surface area contributed by atoms with Crippen molar-refractivity contribution in [1.82, 2.24) is 15.3 Å². The van der Waals surface area contributed by atoms with Crippen molar-refractivity contribution in [3.8, 4) is 0 Å². The number of hydrazine groups is 1. The zero-order valence-corrected chi connectivity index (χ0v) is 11.2. The lowest BCUT2D eigenvalue weighted by molar-refractivity contribution is -0.140. The van der Waals surface area contributed by atoms with Gasteiger partial charge in [0.25, 0.3) is 0 Å². The number of hydrogen-bond donors (Lipinski definition) is 1. The Labute approximate surface area is 115 Å². The molecule has 0 unspecified atom stereocenters. The molecule has 1 fully saturated rings. The summed E-state index contributed by atoms with van der Waals surface area (Å²) in [6.45, 7) is 3.69. The molecule has 0 atom stereocenters. The lowest BCUT2D eigenvalue weighted by atomic mass is 10.1. The zero-order chi connectivity index (χ0) is 14.8. The topological polar surface area (TPSA) is 18.5 Å². The number of halogens is 4. The number of piperazine rings is 1. The number of hydrogen-bond acceptors (Lipinski definition) is 3. The summed E-state index contributed by atoms with van der Waals surface area (Å²) in [6.07, 6.45) is -4.66. The van der Waals surface area contributed by atoms with Crippen molar-refractivity contribution in [2.75, 3.05) is 33.2 Å². The summed E-state index contributed by atoms with van der Waals surface area (Å²) < 4.78 is 50.9. The summed E-state index contributed by atoms with van der Waals surface area (Å²) in [5.74, 6) is -1.24. The van der Waals surface area contributed by atoms with Crippen LogP contribution in [0.4, 0.5) is 17.6 Å². The lowest BCUT2D eigenvalue weighted by Gasteiger charge is -2.32. The fraction of sp³-hybridized carbons (Fsp3) is 0.538. The van der Waals surface area contributed by atoms with Gasteiger partial charge in [0.1, 0.15) is 5.82 Å². The standard InChI is InChI=1S/C13H17F4N3/c1-19-4-6-20(7-5-19)18-9-10-2-3-12(14)11(8-10)13(15,16)17/h2-3,8,18H,4-7,9H2,1H3. The van der Waals surface area contributed by atoms with Crippen molar-refractivity contribution >= 4 is 0 Å². The maximum Gasteiger partial charge on any atom is 0.419 e. The molecule has 0 bridgehead atoms. The van der Waals surface area contributed by atoms with Crippen molar-refractivity contribution in [2.45, 2.75) is 12.7 Å². The zero-order valence-electron chi connectivity index (χ0n) is 11.2. The molecular formula is C13H17F4N3. The second kappa shape index (κ2) is 6.07. The molecule has 1 N–H and O–H groups in total. The first kappa shape index (κ1) is 15.2. The van der Waals surface area contributed by atoms with Gasteiger partial charge in [-0.25, -0.2) is 9.40 Å². The molecule has 20 heavy (non-hydrogen) atoms. The highest BCUT2D eigenvalue weighted by Crippen LogP contribution is 2.31. The van der Waals surface area contributed by atoms with Crippen molar-refractivity contribution in [3.05, 3.63) is 35.1 Å². The van der Waals surface area contributed by atoms with E-state index in [1.165, 1.54) is 6.07 Å². The summed E-state index contributed by atoms with van der Waals surface area (Å²) in [7, 11) is 2.02. The van der Waals surface area contributed by atoms with Gasteiger partial charge in [0, 0.05) is 32.7 Å². The number of nitrogens with one attached hydrogen (secondary N) is 1. The van der Waals surface area contributed by atoms with Crippen LogP contribution >= 0.6 is 0 Å². The summed E-state index contributed by atoms with van der Waals surface area (Å²) in [5.41, 5.74) is 2.28. The van der Waals surface area contributed by atoms with Crippen LogP contribution in [0.5, 0.6) is 0 Å². The Morgan fingerprint density at radius 3 is 2.40 bits per heavy atom. The molecule has 1 heterocycles. The van der Waals surface area contributed by atoms with Gasteiger partial charge >= 0.3 is 6.18 Å². The first-order chi connectivity index (χ1) is 9.36. The van der Waals surface area contributed by atoms with Crippen molar-refractivity contribution < 1.29 is 17.6 Å². The van der Waals surface area contributed by atoms with E-state index in [9.17, 15) is 17.6 Å². The Hall–Kier alpha value is -1.18. The molecule has 112 valence electrons. The van der Waals surface area contributed by atoms with Gasteiger partial charge in [-0.3, -0.25) is 5.43 Å². The van der Waals surface area contributed by atoms with E-state index in [2.05, 4.69) is 10.3 Å². The van der Waals surface area contributed by atoms with Gasteiger partial charge in [-0.2, -0.15) is 13.2 Å². The Bertz CT molecular complexity index is 453. The van der Waals surface area contributed by atoms with Crippen LogP contribution in [0.15, 0.2) is 18.2 Å². The van der Waals surface area contributed by atoms with Crippen LogP contribution in [0, 0.1) is 5.82 Å². The molecule has 2 rings (SSSR count). The predicted octanol–water partition coefficient (Wildman–Crippen LogP) is 2.10. The number of rotatable bonds is 3. The first-order valence-corrected chi connectivity index (χ1v) is 6.39. The minimum absolute atomic E-state index is 0.257. The molecule has 1 saturated heterocycles. The lowest BCUT2D eigenvalue weighted by Crippen LogP contribution is -2.50. The highest BCUT2D eigenvalue weighted by Gasteiger charge is 2.34. The van der Waals surface area contributed by atoms with E-state index in [0.717, 1.165) is 38.3 Å². The van der Waals surface area contributed by atoms with E-state index >= 15 is 0 Å². The van der Waals surface area contributed by atoms with E-state index in [0.29, 0.717) is 5.56 Å². The van der Waals surface area contributed by atoms with Gasteiger partial charge in [0.15, 0.2) is 0 Å². The molecule has 3 nitrogen and oxygen atoms in total. The molecule has 1 aromatic rings. The van der Waals surface area contributed by atoms with E-state index < -0.39 is 17.6 Å². The van der Waals surface area contributed by atoms with Crippen LogP contribution < -0.4 is 5.43 Å². The molecule has 0 aromatic heterocycles. The molecule has 1 aliphatic rings. The monoisotopic (exact) mass is 291 g/mol. The molecule has 1 aromatic carbocycles. The van der Waals surface area contributed by atoms with Gasteiger partial charge in [0.05, 0.1) is 5.56 Å². The molecule has 0 amide bonds. The van der Waals surface area contributed by atoms with Crippen LogP contribution in [0.1, 0.15) is 11.1 Å². The van der Waals surface area contributed by atoms with E-state index in [1.54, 1.807) is 0 Å². The minimum atomic E-state index is -4.66. The van der Waals surface area contributed by atoms with E-state index in [1.807, 2.05) is 12.1 Å². The predicted molar refractivity (Wildman–Crippen MR) is 67.3 cm³/mol. The molecule has 0 spiro atoms. The Balaban J connectivity index is 1.96. The second-order valence-corrected chi connectivity index (χ2v) is 4.94. The molecule has 7 heteroatoms. The molecule has 0 radical (unpaired) electrons. The van der Waals surface area contributed by atoms with Gasteiger partial charge < -0.3 is 4.90 Å².